The average Bonchev–Trinajstić information content (AvgIpc) is 2.04. The van der Waals surface area contributed by atoms with E-state index in [2.05, 4.69) is 0 Å². The highest BCUT2D eigenvalue weighted by atomic mass is 32.2. The third-order valence-electron chi connectivity index (χ3n) is 1.26. The lowest BCUT2D eigenvalue weighted by atomic mass is 10.2. The highest BCUT2D eigenvalue weighted by molar-refractivity contribution is 7.83. The summed E-state index contributed by atoms with van der Waals surface area (Å²) >= 11 is -2.20. The molecule has 0 aliphatic carbocycles. The molecular formula is C6H7NO4S. The minimum absolute atomic E-state index is 0.0937. The van der Waals surface area contributed by atoms with Crippen LogP contribution in [0.1, 0.15) is 0 Å². The number of carbonyl (C=O) groups excluding carboxylic acids is 1. The Balaban J connectivity index is 2.88. The van der Waals surface area contributed by atoms with Gasteiger partial charge in [-0.2, -0.15) is 0 Å². The Labute approximate surface area is 71.2 Å². The zero-order chi connectivity index (χ0) is 9.14. The van der Waals surface area contributed by atoms with Crippen molar-refractivity contribution >= 4 is 17.0 Å². The molecule has 1 atom stereocenters. The van der Waals surface area contributed by atoms with E-state index < -0.39 is 17.0 Å². The van der Waals surface area contributed by atoms with E-state index in [1.54, 1.807) is 0 Å². The molecule has 0 spiro atoms. The first-order chi connectivity index (χ1) is 5.61. The lowest BCUT2D eigenvalue weighted by Gasteiger charge is -2.09. The number of hydrogen-bond donors (Lipinski definition) is 2. The van der Waals surface area contributed by atoms with Crippen molar-refractivity contribution in [2.75, 3.05) is 6.61 Å². The maximum Gasteiger partial charge on any atom is 0.248 e. The summed E-state index contributed by atoms with van der Waals surface area (Å²) in [5.41, 5.74) is 5.13. The van der Waals surface area contributed by atoms with Gasteiger partial charge >= 0.3 is 0 Å². The fraction of sp³-hybridized carbons (Fsp3) is 0.167. The smallest absolute Gasteiger partial charge is 0.248 e. The van der Waals surface area contributed by atoms with Crippen molar-refractivity contribution in [1.82, 2.24) is 0 Å². The second kappa shape index (κ2) is 3.51. The molecule has 1 heterocycles. The van der Waals surface area contributed by atoms with Crippen molar-refractivity contribution in [1.29, 1.82) is 0 Å². The zero-order valence-electron chi connectivity index (χ0n) is 6.02. The van der Waals surface area contributed by atoms with Gasteiger partial charge in [-0.1, -0.05) is 0 Å². The van der Waals surface area contributed by atoms with Gasteiger partial charge in [-0.15, -0.1) is 0 Å². The van der Waals surface area contributed by atoms with Gasteiger partial charge in [0.1, 0.15) is 6.61 Å². The molecule has 1 rings (SSSR count). The molecule has 66 valence electrons. The van der Waals surface area contributed by atoms with Gasteiger partial charge in [-0.3, -0.25) is 9.35 Å². The minimum Gasteiger partial charge on any atom is -0.479 e. The fourth-order valence-electron chi connectivity index (χ4n) is 0.714. The predicted molar refractivity (Wildman–Crippen MR) is 42.1 cm³/mol. The van der Waals surface area contributed by atoms with E-state index in [0.29, 0.717) is 0 Å². The van der Waals surface area contributed by atoms with Crippen molar-refractivity contribution in [3.05, 3.63) is 22.8 Å². The molecule has 0 aromatic rings. The van der Waals surface area contributed by atoms with Gasteiger partial charge in [0.25, 0.3) is 0 Å². The molecule has 0 radical (unpaired) electrons. The molecule has 0 fully saturated rings. The van der Waals surface area contributed by atoms with Crippen LogP contribution in [0.25, 0.3) is 0 Å². The number of amides is 1. The summed E-state index contributed by atoms with van der Waals surface area (Å²) in [6, 6.07) is 0. The summed E-state index contributed by atoms with van der Waals surface area (Å²) in [7, 11) is 0. The number of primary amides is 1. The van der Waals surface area contributed by atoms with Gasteiger partial charge in [-0.05, 0) is 6.08 Å². The molecule has 0 saturated heterocycles. The van der Waals surface area contributed by atoms with E-state index in [0.717, 1.165) is 6.08 Å². The molecule has 1 aliphatic rings. The molecule has 0 bridgehead atoms. The molecular weight excluding hydrogens is 182 g/mol. The van der Waals surface area contributed by atoms with Crippen LogP contribution >= 0.6 is 0 Å². The Kier molecular flexibility index (Phi) is 2.61. The third kappa shape index (κ3) is 1.93. The second-order valence-electron chi connectivity index (χ2n) is 2.05. The monoisotopic (exact) mass is 189 g/mol. The zero-order valence-corrected chi connectivity index (χ0v) is 6.84. The summed E-state index contributed by atoms with van der Waals surface area (Å²) in [4.78, 5) is 10.6. The van der Waals surface area contributed by atoms with E-state index in [9.17, 15) is 9.00 Å². The lowest BCUT2D eigenvalue weighted by Crippen LogP contribution is -2.17. The number of hydrogen-bond acceptors (Lipinski definition) is 3. The molecule has 6 heteroatoms. The van der Waals surface area contributed by atoms with Crippen LogP contribution in [0, 0.1) is 0 Å². The first-order valence-corrected chi connectivity index (χ1v) is 4.17. The van der Waals surface area contributed by atoms with Crippen molar-refractivity contribution < 1.29 is 18.3 Å². The van der Waals surface area contributed by atoms with Crippen molar-refractivity contribution in [3.63, 3.8) is 0 Å². The highest BCUT2D eigenvalue weighted by Gasteiger charge is 2.13. The van der Waals surface area contributed by atoms with Crippen LogP contribution in [0.15, 0.2) is 22.8 Å². The fourth-order valence-corrected chi connectivity index (χ4v) is 1.11. The summed E-state index contributed by atoms with van der Waals surface area (Å²) in [6.07, 6.45) is 2.60. The molecule has 5 nitrogen and oxygen atoms in total. The maximum absolute atomic E-state index is 10.6. The van der Waals surface area contributed by atoms with Gasteiger partial charge in [0, 0.05) is 11.6 Å². The SMILES string of the molecule is NC(=O)C1=CCOC(S(=O)O)=C1. The van der Waals surface area contributed by atoms with Gasteiger partial charge < -0.3 is 10.5 Å². The molecule has 12 heavy (non-hydrogen) atoms. The van der Waals surface area contributed by atoms with Gasteiger partial charge in [0.2, 0.25) is 22.1 Å². The van der Waals surface area contributed by atoms with Crippen LogP contribution in [0.3, 0.4) is 0 Å². The summed E-state index contributed by atoms with van der Waals surface area (Å²) < 4.78 is 23.8. The molecule has 0 saturated carbocycles. The van der Waals surface area contributed by atoms with E-state index >= 15 is 0 Å². The largest absolute Gasteiger partial charge is 0.479 e. The van der Waals surface area contributed by atoms with E-state index in [-0.39, 0.29) is 17.3 Å². The van der Waals surface area contributed by atoms with E-state index in [1.807, 2.05) is 0 Å². The molecule has 0 aromatic heterocycles. The summed E-state index contributed by atoms with van der Waals surface area (Å²) in [5.74, 6) is -0.638. The number of carbonyl (C=O) groups is 1. The first-order valence-electron chi connectivity index (χ1n) is 3.06. The van der Waals surface area contributed by atoms with E-state index in [1.165, 1.54) is 6.08 Å². The van der Waals surface area contributed by atoms with Crippen LogP contribution in [0.4, 0.5) is 0 Å². The number of nitrogens with two attached hydrogens (primary N) is 1. The average molecular weight is 189 g/mol. The van der Waals surface area contributed by atoms with Crippen LogP contribution < -0.4 is 5.73 Å². The standard InChI is InChI=1S/C6H7NO4S/c7-6(8)4-1-2-11-5(3-4)12(9)10/h1,3H,2H2,(H2,7,8)(H,9,10). The second-order valence-corrected chi connectivity index (χ2v) is 2.95. The molecule has 3 N–H and O–H groups in total. The Bertz CT molecular complexity index is 294. The van der Waals surface area contributed by atoms with Gasteiger partial charge in [0.05, 0.1) is 0 Å². The Morgan fingerprint density at radius 1 is 1.75 bits per heavy atom. The highest BCUT2D eigenvalue weighted by Crippen LogP contribution is 2.12. The Morgan fingerprint density at radius 3 is 2.92 bits per heavy atom. The Hall–Kier alpha value is -1.14. The van der Waals surface area contributed by atoms with Crippen LogP contribution in [-0.4, -0.2) is 21.3 Å². The van der Waals surface area contributed by atoms with Crippen LogP contribution in [-0.2, 0) is 20.6 Å². The first kappa shape index (κ1) is 8.95. The third-order valence-corrected chi connectivity index (χ3v) is 1.84. The quantitative estimate of drug-likeness (QED) is 0.572. The van der Waals surface area contributed by atoms with Crippen LogP contribution in [0.2, 0.25) is 0 Å². The van der Waals surface area contributed by atoms with Crippen molar-refractivity contribution in [2.24, 2.45) is 5.73 Å². The number of ether oxygens (including phenoxy) is 1. The molecule has 1 amide bonds. The van der Waals surface area contributed by atoms with Gasteiger partial charge in [0.15, 0.2) is 0 Å². The van der Waals surface area contributed by atoms with Gasteiger partial charge in [-0.25, -0.2) is 4.21 Å². The molecule has 1 unspecified atom stereocenters. The normalized spacial score (nSPS) is 18.8. The number of rotatable bonds is 2. The van der Waals surface area contributed by atoms with Crippen molar-refractivity contribution in [2.45, 2.75) is 0 Å². The van der Waals surface area contributed by atoms with E-state index in [4.69, 9.17) is 15.0 Å². The van der Waals surface area contributed by atoms with Crippen LogP contribution in [0.5, 0.6) is 0 Å². The lowest BCUT2D eigenvalue weighted by molar-refractivity contribution is -0.114. The topological polar surface area (TPSA) is 89.6 Å². The maximum atomic E-state index is 10.6. The Morgan fingerprint density at radius 2 is 2.42 bits per heavy atom. The minimum atomic E-state index is -2.20. The molecule has 0 aromatic carbocycles. The predicted octanol–water partition coefficient (Wildman–Crippen LogP) is -0.509. The summed E-state index contributed by atoms with van der Waals surface area (Å²) in [6.45, 7) is 0.0937. The van der Waals surface area contributed by atoms with Crippen molar-refractivity contribution in [3.8, 4) is 0 Å². The summed E-state index contributed by atoms with van der Waals surface area (Å²) in [5, 5.41) is -0.147. The molecule has 1 aliphatic heterocycles.